The average Bonchev–Trinajstić information content (AvgIpc) is 2.43. The van der Waals surface area contributed by atoms with Crippen LogP contribution in [0.15, 0.2) is 47.4 Å². The molecule has 0 radical (unpaired) electrons. The maximum absolute atomic E-state index is 12.1. The van der Waals surface area contributed by atoms with Crippen molar-refractivity contribution in [1.82, 2.24) is 0 Å². The Balaban J connectivity index is 0.00000242. The average molecular weight is 362 g/mol. The molecule has 0 saturated heterocycles. The van der Waals surface area contributed by atoms with E-state index in [2.05, 4.69) is 0 Å². The summed E-state index contributed by atoms with van der Waals surface area (Å²) in [5.74, 6) is 0.0858. The Morgan fingerprint density at radius 3 is 2.32 bits per heavy atom. The number of aromatic hydroxyl groups is 1. The first kappa shape index (κ1) is 18.6. The quantitative estimate of drug-likeness (QED) is 0.631. The second-order valence-electron chi connectivity index (χ2n) is 4.77. The number of rotatable bonds is 5. The van der Waals surface area contributed by atoms with Gasteiger partial charge in [0.05, 0.1) is 16.3 Å². The Bertz CT molecular complexity index is 731. The van der Waals surface area contributed by atoms with E-state index in [1.807, 2.05) is 0 Å². The van der Waals surface area contributed by atoms with Crippen molar-refractivity contribution in [2.24, 2.45) is 0 Å². The molecule has 0 amide bonds. The number of anilines is 1. The highest BCUT2D eigenvalue weighted by molar-refractivity contribution is 7.91. The molecule has 7 heteroatoms. The van der Waals surface area contributed by atoms with E-state index in [-0.39, 0.29) is 28.8 Å². The molecule has 0 spiro atoms. The Morgan fingerprint density at radius 2 is 1.73 bits per heavy atom. The van der Waals surface area contributed by atoms with Gasteiger partial charge in [0.25, 0.3) is 0 Å². The fourth-order valence-electron chi connectivity index (χ4n) is 1.99. The van der Waals surface area contributed by atoms with Gasteiger partial charge in [-0.15, -0.1) is 12.4 Å². The van der Waals surface area contributed by atoms with Gasteiger partial charge in [-0.2, -0.15) is 0 Å². The number of nitrogens with two attached hydrogens (primary N) is 1. The molecule has 0 aromatic heterocycles. The van der Waals surface area contributed by atoms with Gasteiger partial charge in [-0.1, -0.05) is 17.7 Å². The second-order valence-corrected chi connectivity index (χ2v) is 7.32. The van der Waals surface area contributed by atoms with E-state index >= 15 is 0 Å². The Labute approximate surface area is 141 Å². The third-order valence-corrected chi connectivity index (χ3v) is 5.21. The summed E-state index contributed by atoms with van der Waals surface area (Å²) in [6.45, 7) is 0. The van der Waals surface area contributed by atoms with Crippen LogP contribution >= 0.6 is 24.0 Å². The van der Waals surface area contributed by atoms with Crippen LogP contribution in [0.2, 0.25) is 5.02 Å². The fourth-order valence-corrected chi connectivity index (χ4v) is 3.42. The zero-order valence-corrected chi connectivity index (χ0v) is 14.1. The molecule has 3 N–H and O–H groups in total. The largest absolute Gasteiger partial charge is 0.506 e. The van der Waals surface area contributed by atoms with E-state index in [4.69, 9.17) is 17.3 Å². The predicted octanol–water partition coefficient (Wildman–Crippen LogP) is 3.46. The third kappa shape index (κ3) is 4.80. The van der Waals surface area contributed by atoms with Crippen LogP contribution < -0.4 is 5.73 Å². The number of phenols is 1. The van der Waals surface area contributed by atoms with Gasteiger partial charge in [-0.25, -0.2) is 8.42 Å². The van der Waals surface area contributed by atoms with Crippen LogP contribution in [0.5, 0.6) is 5.75 Å². The summed E-state index contributed by atoms with van der Waals surface area (Å²) in [6.07, 6.45) is 1.06. The maximum atomic E-state index is 12.1. The number of benzene rings is 2. The second kappa shape index (κ2) is 7.72. The minimum absolute atomic E-state index is 0. The highest BCUT2D eigenvalue weighted by atomic mass is 35.5. The molecule has 2 aromatic rings. The smallest absolute Gasteiger partial charge is 0.178 e. The van der Waals surface area contributed by atoms with Crippen LogP contribution in [-0.2, 0) is 16.3 Å². The number of halogens is 2. The molecule has 0 fully saturated rings. The highest BCUT2D eigenvalue weighted by Gasteiger charge is 2.14. The van der Waals surface area contributed by atoms with Crippen molar-refractivity contribution in [3.63, 3.8) is 0 Å². The number of aryl methyl sites for hydroxylation is 1. The zero-order chi connectivity index (χ0) is 15.5. The molecular formula is C15H17Cl2NO3S. The van der Waals surface area contributed by atoms with Crippen LogP contribution in [-0.4, -0.2) is 19.3 Å². The lowest BCUT2D eigenvalue weighted by atomic mass is 10.1. The third-order valence-electron chi connectivity index (χ3n) is 3.14. The van der Waals surface area contributed by atoms with Gasteiger partial charge in [0.1, 0.15) is 5.75 Å². The number of sulfone groups is 1. The Hall–Kier alpha value is -1.43. The van der Waals surface area contributed by atoms with Gasteiger partial charge in [0.2, 0.25) is 0 Å². The van der Waals surface area contributed by atoms with E-state index in [9.17, 15) is 13.5 Å². The lowest BCUT2D eigenvalue weighted by molar-refractivity contribution is 0.477. The van der Waals surface area contributed by atoms with E-state index in [1.54, 1.807) is 24.3 Å². The predicted molar refractivity (Wildman–Crippen MR) is 91.6 cm³/mol. The van der Waals surface area contributed by atoms with Gasteiger partial charge < -0.3 is 10.8 Å². The summed E-state index contributed by atoms with van der Waals surface area (Å²) in [5, 5.41) is 9.85. The van der Waals surface area contributed by atoms with E-state index in [0.717, 1.165) is 5.56 Å². The molecule has 22 heavy (non-hydrogen) atoms. The minimum atomic E-state index is -3.30. The van der Waals surface area contributed by atoms with Gasteiger partial charge >= 0.3 is 0 Å². The molecule has 0 atom stereocenters. The van der Waals surface area contributed by atoms with Crippen molar-refractivity contribution < 1.29 is 13.5 Å². The summed E-state index contributed by atoms with van der Waals surface area (Å²) in [5.41, 5.74) is 6.80. The Morgan fingerprint density at radius 1 is 1.09 bits per heavy atom. The molecule has 0 unspecified atom stereocenters. The minimum Gasteiger partial charge on any atom is -0.506 e. The van der Waals surface area contributed by atoms with E-state index in [0.29, 0.717) is 23.6 Å². The summed E-state index contributed by atoms with van der Waals surface area (Å²) < 4.78 is 24.3. The molecule has 0 heterocycles. The standard InChI is InChI=1S/C15H16ClNO3S.ClH/c16-12-4-6-13(7-5-12)21(19,20)9-1-2-11-3-8-15(18)14(17)10-11;/h3-8,10,18H,1-2,9,17H2;1H. The lowest BCUT2D eigenvalue weighted by Crippen LogP contribution is -2.07. The molecule has 0 bridgehead atoms. The van der Waals surface area contributed by atoms with Gasteiger partial charge in [0.15, 0.2) is 9.84 Å². The molecule has 2 aromatic carbocycles. The fraction of sp³-hybridized carbons (Fsp3) is 0.200. The van der Waals surface area contributed by atoms with E-state index < -0.39 is 9.84 Å². The number of nitrogen functional groups attached to an aromatic ring is 1. The van der Waals surface area contributed by atoms with Gasteiger partial charge in [-0.3, -0.25) is 0 Å². The maximum Gasteiger partial charge on any atom is 0.178 e. The Kier molecular flexibility index (Phi) is 6.53. The molecule has 0 saturated carbocycles. The van der Waals surface area contributed by atoms with Crippen molar-refractivity contribution in [3.05, 3.63) is 53.1 Å². The molecule has 0 aliphatic carbocycles. The molecule has 4 nitrogen and oxygen atoms in total. The van der Waals surface area contributed by atoms with Gasteiger partial charge in [0, 0.05) is 5.02 Å². The first-order valence-electron chi connectivity index (χ1n) is 6.44. The van der Waals surface area contributed by atoms with Crippen molar-refractivity contribution in [2.75, 3.05) is 11.5 Å². The van der Waals surface area contributed by atoms with Crippen LogP contribution in [0.1, 0.15) is 12.0 Å². The highest BCUT2D eigenvalue weighted by Crippen LogP contribution is 2.22. The van der Waals surface area contributed by atoms with Crippen LogP contribution in [0.3, 0.4) is 0 Å². The van der Waals surface area contributed by atoms with Crippen LogP contribution in [0, 0.1) is 0 Å². The molecular weight excluding hydrogens is 345 g/mol. The summed E-state index contributed by atoms with van der Waals surface area (Å²) in [4.78, 5) is 0.275. The normalized spacial score (nSPS) is 11.0. The SMILES string of the molecule is Cl.Nc1cc(CCCS(=O)(=O)c2ccc(Cl)cc2)ccc1O. The van der Waals surface area contributed by atoms with Crippen LogP contribution in [0.25, 0.3) is 0 Å². The number of hydrogen-bond acceptors (Lipinski definition) is 4. The number of hydrogen-bond donors (Lipinski definition) is 2. The zero-order valence-electron chi connectivity index (χ0n) is 11.7. The van der Waals surface area contributed by atoms with Crippen molar-refractivity contribution in [3.8, 4) is 5.75 Å². The van der Waals surface area contributed by atoms with Crippen LogP contribution in [0.4, 0.5) is 5.69 Å². The van der Waals surface area contributed by atoms with Crippen molar-refractivity contribution >= 4 is 39.5 Å². The van der Waals surface area contributed by atoms with Crippen molar-refractivity contribution in [1.29, 1.82) is 0 Å². The lowest BCUT2D eigenvalue weighted by Gasteiger charge is -2.06. The number of phenolic OH excluding ortho intramolecular Hbond substituents is 1. The van der Waals surface area contributed by atoms with E-state index in [1.165, 1.54) is 18.2 Å². The molecule has 0 aliphatic heterocycles. The monoisotopic (exact) mass is 361 g/mol. The first-order valence-corrected chi connectivity index (χ1v) is 8.47. The van der Waals surface area contributed by atoms with Crippen molar-refractivity contribution in [2.45, 2.75) is 17.7 Å². The first-order chi connectivity index (χ1) is 9.88. The topological polar surface area (TPSA) is 80.4 Å². The molecule has 120 valence electrons. The summed E-state index contributed by atoms with van der Waals surface area (Å²) in [7, 11) is -3.30. The summed E-state index contributed by atoms with van der Waals surface area (Å²) in [6, 6.07) is 11.1. The summed E-state index contributed by atoms with van der Waals surface area (Å²) >= 11 is 5.75. The van der Waals surface area contributed by atoms with Gasteiger partial charge in [-0.05, 0) is 54.8 Å². The molecule has 2 rings (SSSR count). The molecule has 0 aliphatic rings.